The van der Waals surface area contributed by atoms with Crippen LogP contribution in [0.1, 0.15) is 99.2 Å². The lowest BCUT2D eigenvalue weighted by Gasteiger charge is -2.30. The van der Waals surface area contributed by atoms with Crippen LogP contribution >= 0.6 is 15.9 Å². The van der Waals surface area contributed by atoms with Gasteiger partial charge in [-0.3, -0.25) is 69.0 Å². The van der Waals surface area contributed by atoms with Crippen molar-refractivity contribution in [1.82, 2.24) is 80.5 Å². The molecule has 2 unspecified atom stereocenters. The number of anilines is 4. The van der Waals surface area contributed by atoms with Crippen LogP contribution in [0.25, 0.3) is 55.2 Å². The fraction of sp³-hybridized carbons (Fsp3) is 0.410. The Labute approximate surface area is 819 Å². The van der Waals surface area contributed by atoms with Crippen molar-refractivity contribution in [2.24, 2.45) is 23.7 Å². The van der Waals surface area contributed by atoms with Gasteiger partial charge in [0.05, 0.1) is 97.0 Å². The van der Waals surface area contributed by atoms with E-state index in [1.807, 2.05) is 146 Å². The molecule has 3 amide bonds. The van der Waals surface area contributed by atoms with Gasteiger partial charge in [0.1, 0.15) is 58.0 Å². The molecule has 5 aromatic heterocycles. The molecular weight excluding hydrogens is 1850 g/mol. The highest BCUT2D eigenvalue weighted by Crippen LogP contribution is 2.40. The van der Waals surface area contributed by atoms with Crippen molar-refractivity contribution in [1.29, 1.82) is 0 Å². The van der Waals surface area contributed by atoms with Gasteiger partial charge in [-0.15, -0.1) is 0 Å². The average molecular weight is 1960 g/mol. The molecule has 34 nitrogen and oxygen atoms in total. The molecule has 0 spiro atoms. The number of nitrogens with zero attached hydrogens (tertiary/aromatic N) is 17. The summed E-state index contributed by atoms with van der Waals surface area (Å²) in [6.45, 7) is 16.4. The molecule has 35 heteroatoms. The summed E-state index contributed by atoms with van der Waals surface area (Å²) in [4.78, 5) is 110. The first-order chi connectivity index (χ1) is 68.5. The molecular formula is C105H117BrN20O14. The Morgan fingerprint density at radius 3 is 0.814 bits per heavy atom. The molecule has 7 saturated heterocycles. The number of fused-ring (bicyclic) bond motifs is 8. The number of aliphatic hydroxyl groups excluding tert-OH is 3. The number of carboxylic acids is 1. The lowest BCUT2D eigenvalue weighted by Crippen LogP contribution is -2.48. The van der Waals surface area contributed by atoms with E-state index in [1.165, 1.54) is 0 Å². The number of rotatable bonds is 23. The minimum absolute atomic E-state index is 0.0103. The van der Waals surface area contributed by atoms with Crippen molar-refractivity contribution in [2.75, 3.05) is 171 Å². The van der Waals surface area contributed by atoms with Crippen molar-refractivity contribution < 1.29 is 68.0 Å². The second-order valence-corrected chi connectivity index (χ2v) is 38.0. The number of likely N-dealkylation sites (tertiary alicyclic amines) is 3. The van der Waals surface area contributed by atoms with Crippen LogP contribution in [0.4, 0.5) is 22.7 Å². The lowest BCUT2D eigenvalue weighted by molar-refractivity contribution is -0.141. The summed E-state index contributed by atoms with van der Waals surface area (Å²) in [6, 6.07) is 45.2. The summed E-state index contributed by atoms with van der Waals surface area (Å²) in [5, 5.41) is 52.9. The Balaban J connectivity index is 0.000000117. The maximum atomic E-state index is 13.5. The number of halogens is 1. The van der Waals surface area contributed by atoms with Crippen LogP contribution in [0.3, 0.4) is 0 Å². The standard InChI is InChI=1S/3C28H33N5O4.C13H13N3O2.C8H5BrN2/c3*34-27(19-3-6-25-26(15-19)37-14-13-36-25)24(18-32-10-1-2-11-32)31-28(35)20-7-12-33(17-20)21-4-5-22-23(16-21)30-9-8-29-22;17-13(18)9-3-6-16(8-9)10-1-2-11-12(7-10)15-5-4-14-11;9-6-1-2-7-8(5-6)11-4-3-10-7/h3*3-6,8-9,15-16,20,24,27,34H,1-2,7,10-14,17-18H2,(H,31,35);1-2,4-5,7,9H,3,6,8H2,(H,17,18);1-5H/t20?,24-,27-;20-,24+,27+;20-,24-,27-;;/m101../s1. The Kier molecular flexibility index (Phi) is 30.9. The molecule has 10 aliphatic heterocycles. The molecule has 0 aliphatic carbocycles. The van der Waals surface area contributed by atoms with E-state index in [0.717, 1.165) is 222 Å². The molecule has 7 fully saturated rings. The summed E-state index contributed by atoms with van der Waals surface area (Å²) in [5.74, 6) is 2.54. The van der Waals surface area contributed by atoms with E-state index < -0.39 is 42.4 Å². The van der Waals surface area contributed by atoms with Gasteiger partial charge in [0.25, 0.3) is 0 Å². The summed E-state index contributed by atoms with van der Waals surface area (Å²) in [6.07, 6.45) is 24.2. The summed E-state index contributed by atoms with van der Waals surface area (Å²) in [7, 11) is 0. The molecule has 10 aliphatic rings. The first kappa shape index (κ1) is 95.5. The summed E-state index contributed by atoms with van der Waals surface area (Å²) >= 11 is 3.36. The van der Waals surface area contributed by atoms with Gasteiger partial charge < -0.3 is 99.1 Å². The Hall–Kier alpha value is -13.4. The number of carbonyl (C=O) groups excluding carboxylic acids is 3. The number of carboxylic acid groups (broad SMARTS) is 1. The Bertz CT molecular complexity index is 6040. The van der Waals surface area contributed by atoms with E-state index >= 15 is 0 Å². The van der Waals surface area contributed by atoms with E-state index in [2.05, 4.69) is 116 Å². The van der Waals surface area contributed by atoms with Crippen molar-refractivity contribution in [3.8, 4) is 34.5 Å². The number of amides is 3. The van der Waals surface area contributed by atoms with Crippen LogP contribution < -0.4 is 64.0 Å². The van der Waals surface area contributed by atoms with Gasteiger partial charge in [0, 0.05) is 161 Å². The van der Waals surface area contributed by atoms with Crippen molar-refractivity contribution >= 4 is 118 Å². The van der Waals surface area contributed by atoms with E-state index in [4.69, 9.17) is 33.5 Å². The molecule has 10 atom stereocenters. The second kappa shape index (κ2) is 45.2. The molecule has 0 saturated carbocycles. The van der Waals surface area contributed by atoms with E-state index in [0.29, 0.717) is 126 Å². The van der Waals surface area contributed by atoms with Gasteiger partial charge >= 0.3 is 5.97 Å². The van der Waals surface area contributed by atoms with Crippen LogP contribution in [-0.4, -0.2) is 278 Å². The molecule has 8 aromatic carbocycles. The Morgan fingerprint density at radius 2 is 0.543 bits per heavy atom. The zero-order valence-electron chi connectivity index (χ0n) is 78.1. The highest BCUT2D eigenvalue weighted by molar-refractivity contribution is 9.10. The first-order valence-corrected chi connectivity index (χ1v) is 49.5. The number of benzene rings is 8. The highest BCUT2D eigenvalue weighted by Gasteiger charge is 2.39. The molecule has 140 heavy (non-hydrogen) atoms. The fourth-order valence-corrected chi connectivity index (χ4v) is 20.4. The van der Waals surface area contributed by atoms with E-state index in [-0.39, 0.29) is 41.4 Å². The number of nitrogens with one attached hydrogen (secondary N) is 3. The molecule has 13 aromatic rings. The Morgan fingerprint density at radius 1 is 0.300 bits per heavy atom. The van der Waals surface area contributed by atoms with E-state index in [9.17, 15) is 34.5 Å². The monoisotopic (exact) mass is 1960 g/mol. The SMILES string of the molecule is Brc1ccc2nccnc2c1.O=C(N[C@H](CN1CCCC1)[C@H](O)c1ccc2c(c1)OCCO2)C1CCN(c2ccc3nccnc3c2)C1.O=C(N[C@H](CN1CCCC1)[C@H](O)c1ccc2c(c1)OCCO2)[C@@H]1CCN(c2ccc3nccnc3c2)C1.O=C(N[C@H](CN1CCCC1)[C@H](O)c1ccc2c(c1)OCCO2)[C@H]1CCN(c2ccc3nccnc3c2)C1.O=C(O)C1CCN(c2ccc3nccnc3c2)C1. The maximum absolute atomic E-state index is 13.5. The van der Waals surface area contributed by atoms with E-state index in [1.54, 1.807) is 62.0 Å². The summed E-state index contributed by atoms with van der Waals surface area (Å²) < 4.78 is 35.1. The zero-order valence-corrected chi connectivity index (χ0v) is 79.7. The first-order valence-electron chi connectivity index (χ1n) is 48.7. The normalized spacial score (nSPS) is 20.1. The van der Waals surface area contributed by atoms with Gasteiger partial charge in [-0.25, -0.2) is 0 Å². The number of ether oxygens (including phenoxy) is 6. The highest BCUT2D eigenvalue weighted by atomic mass is 79.9. The number of aliphatic hydroxyl groups is 3. The number of aromatic nitrogens is 10. The maximum Gasteiger partial charge on any atom is 0.308 e. The quantitative estimate of drug-likeness (QED) is 0.0313. The largest absolute Gasteiger partial charge is 0.486 e. The third-order valence-corrected chi connectivity index (χ3v) is 28.2. The number of hydrogen-bond donors (Lipinski definition) is 7. The van der Waals surface area contributed by atoms with Crippen LogP contribution in [0.2, 0.25) is 0 Å². The topological polar surface area (TPSA) is 392 Å². The fourth-order valence-electron chi connectivity index (χ4n) is 20.1. The van der Waals surface area contributed by atoms with Crippen molar-refractivity contribution in [2.45, 2.75) is 101 Å². The smallest absolute Gasteiger partial charge is 0.308 e. The van der Waals surface area contributed by atoms with Crippen molar-refractivity contribution in [3.63, 3.8) is 0 Å². The van der Waals surface area contributed by atoms with Gasteiger partial charge in [0.15, 0.2) is 34.5 Å². The minimum atomic E-state index is -0.850. The number of carbonyl (C=O) groups is 4. The second-order valence-electron chi connectivity index (χ2n) is 37.1. The zero-order chi connectivity index (χ0) is 95.8. The molecule has 728 valence electrons. The average Bonchev–Trinajstić information content (AvgIpc) is 1.72. The van der Waals surface area contributed by atoms with Gasteiger partial charge in [0.2, 0.25) is 17.7 Å². The van der Waals surface area contributed by atoms with Crippen LogP contribution in [0.5, 0.6) is 34.5 Å². The molecule has 0 radical (unpaired) electrons. The predicted molar refractivity (Wildman–Crippen MR) is 534 cm³/mol. The summed E-state index contributed by atoms with van der Waals surface area (Å²) in [5.41, 5.74) is 15.0. The van der Waals surface area contributed by atoms with Crippen LogP contribution in [0.15, 0.2) is 212 Å². The van der Waals surface area contributed by atoms with Gasteiger partial charge in [-0.1, -0.05) is 34.1 Å². The minimum Gasteiger partial charge on any atom is -0.486 e. The number of hydrogen-bond acceptors (Lipinski definition) is 30. The third kappa shape index (κ3) is 23.7. The molecule has 0 bridgehead atoms. The number of aliphatic carboxylic acids is 1. The predicted octanol–water partition coefficient (Wildman–Crippen LogP) is 11.6. The molecule has 23 rings (SSSR count). The third-order valence-electron chi connectivity index (χ3n) is 27.7. The van der Waals surface area contributed by atoms with Crippen molar-refractivity contribution in [3.05, 3.63) is 229 Å². The molecule has 7 N–H and O–H groups in total. The van der Waals surface area contributed by atoms with Gasteiger partial charge in [-0.2, -0.15) is 0 Å². The van der Waals surface area contributed by atoms with Crippen LogP contribution in [0, 0.1) is 23.7 Å². The lowest BCUT2D eigenvalue weighted by atomic mass is 9.99. The van der Waals surface area contributed by atoms with Crippen LogP contribution in [-0.2, 0) is 19.2 Å². The molecule has 15 heterocycles. The van der Waals surface area contributed by atoms with Gasteiger partial charge in [-0.05, 0) is 248 Å².